The zero-order valence-corrected chi connectivity index (χ0v) is 26.6. The predicted molar refractivity (Wildman–Crippen MR) is 198 cm³/mol. The predicted octanol–water partition coefficient (Wildman–Crippen LogP) is 11.3. The fraction of sp³-hybridized carbons (Fsp3) is 0.0465. The maximum absolute atomic E-state index is 6.26. The molecule has 5 aromatic carbocycles. The summed E-state index contributed by atoms with van der Waals surface area (Å²) in [6.45, 7) is 0. The van der Waals surface area contributed by atoms with Crippen LogP contribution in [-0.2, 0) is 0 Å². The minimum atomic E-state index is -0.0671. The Hall–Kier alpha value is -5.91. The summed E-state index contributed by atoms with van der Waals surface area (Å²) in [4.78, 5) is 15.4. The number of nitrogens with zero attached hydrogens (tertiary/aromatic N) is 3. The number of fused-ring (bicyclic) bond motifs is 7. The lowest BCUT2D eigenvalue weighted by Gasteiger charge is -2.30. The van der Waals surface area contributed by atoms with Gasteiger partial charge in [-0.05, 0) is 41.0 Å². The van der Waals surface area contributed by atoms with Gasteiger partial charge in [-0.25, -0.2) is 15.0 Å². The van der Waals surface area contributed by atoms with E-state index in [4.69, 9.17) is 19.4 Å². The van der Waals surface area contributed by atoms with E-state index in [-0.39, 0.29) is 11.8 Å². The molecular formula is C43H27N3OS. The Morgan fingerprint density at radius 2 is 1.31 bits per heavy atom. The van der Waals surface area contributed by atoms with Crippen molar-refractivity contribution >= 4 is 59.0 Å². The van der Waals surface area contributed by atoms with Crippen LogP contribution in [0.15, 0.2) is 162 Å². The highest BCUT2D eigenvalue weighted by molar-refractivity contribution is 7.25. The van der Waals surface area contributed by atoms with Gasteiger partial charge in [-0.2, -0.15) is 0 Å². The Bertz CT molecular complexity index is 2690. The monoisotopic (exact) mass is 633 g/mol. The maximum atomic E-state index is 6.26. The van der Waals surface area contributed by atoms with Crippen LogP contribution < -0.4 is 0 Å². The van der Waals surface area contributed by atoms with E-state index >= 15 is 0 Å². The molecule has 0 aliphatic heterocycles. The van der Waals surface area contributed by atoms with Gasteiger partial charge in [0.1, 0.15) is 17.0 Å². The van der Waals surface area contributed by atoms with Crippen LogP contribution in [0.2, 0.25) is 0 Å². The molecule has 0 saturated heterocycles. The molecule has 48 heavy (non-hydrogen) atoms. The highest BCUT2D eigenvalue weighted by Crippen LogP contribution is 2.45. The second-order valence-corrected chi connectivity index (χ2v) is 13.4. The van der Waals surface area contributed by atoms with Crippen LogP contribution >= 0.6 is 11.3 Å². The summed E-state index contributed by atoms with van der Waals surface area (Å²) in [5.74, 6) is 2.13. The molecule has 0 spiro atoms. The van der Waals surface area contributed by atoms with Crippen LogP contribution in [0, 0.1) is 5.92 Å². The lowest BCUT2D eigenvalue weighted by atomic mass is 9.75. The lowest BCUT2D eigenvalue weighted by molar-refractivity contribution is 0.632. The Kier molecular flexibility index (Phi) is 6.14. The van der Waals surface area contributed by atoms with E-state index in [1.165, 1.54) is 36.9 Å². The van der Waals surface area contributed by atoms with Gasteiger partial charge in [-0.15, -0.1) is 11.3 Å². The first-order chi connectivity index (χ1) is 23.8. The number of furan rings is 1. The van der Waals surface area contributed by atoms with Crippen molar-refractivity contribution in [1.29, 1.82) is 0 Å². The van der Waals surface area contributed by atoms with Crippen molar-refractivity contribution < 1.29 is 4.42 Å². The minimum absolute atomic E-state index is 0.0624. The van der Waals surface area contributed by atoms with Gasteiger partial charge in [0, 0.05) is 53.9 Å². The van der Waals surface area contributed by atoms with Gasteiger partial charge in [0.25, 0.3) is 0 Å². The average Bonchev–Trinajstić information content (AvgIpc) is 3.73. The SMILES string of the molecule is C1=CC2=C(c3cccc4oc5ccccc5c34)C=CC(c3nc(-c4ccccc4)nc(-c4ccc5c(c4)sc4ccccc45)n3)C2C=C1. The first-order valence-corrected chi connectivity index (χ1v) is 17.0. The number of aromatic nitrogens is 3. The summed E-state index contributed by atoms with van der Waals surface area (Å²) in [5.41, 5.74) is 7.38. The van der Waals surface area contributed by atoms with Crippen molar-refractivity contribution in [3.05, 3.63) is 169 Å². The average molecular weight is 634 g/mol. The molecule has 5 heteroatoms. The van der Waals surface area contributed by atoms with Crippen molar-refractivity contribution in [2.24, 2.45) is 5.92 Å². The fourth-order valence-electron chi connectivity index (χ4n) is 7.30. The summed E-state index contributed by atoms with van der Waals surface area (Å²) in [7, 11) is 0. The Morgan fingerprint density at radius 1 is 0.542 bits per heavy atom. The minimum Gasteiger partial charge on any atom is -0.456 e. The lowest BCUT2D eigenvalue weighted by Crippen LogP contribution is -2.20. The highest BCUT2D eigenvalue weighted by Gasteiger charge is 2.32. The molecule has 2 atom stereocenters. The molecule has 8 aromatic rings. The quantitative estimate of drug-likeness (QED) is 0.193. The fourth-order valence-corrected chi connectivity index (χ4v) is 8.44. The van der Waals surface area contributed by atoms with Gasteiger partial charge in [-0.3, -0.25) is 0 Å². The molecule has 0 radical (unpaired) electrons. The Labute approximate surface area is 280 Å². The molecule has 0 N–H and O–H groups in total. The molecule has 0 amide bonds. The van der Waals surface area contributed by atoms with E-state index in [0.717, 1.165) is 38.9 Å². The Morgan fingerprint density at radius 3 is 2.23 bits per heavy atom. The number of rotatable bonds is 4. The molecule has 0 bridgehead atoms. The van der Waals surface area contributed by atoms with Crippen molar-refractivity contribution in [3.8, 4) is 22.8 Å². The van der Waals surface area contributed by atoms with Crippen LogP contribution in [0.3, 0.4) is 0 Å². The zero-order chi connectivity index (χ0) is 31.6. The van der Waals surface area contributed by atoms with E-state index < -0.39 is 0 Å². The summed E-state index contributed by atoms with van der Waals surface area (Å²) < 4.78 is 8.77. The molecule has 10 rings (SSSR count). The van der Waals surface area contributed by atoms with Gasteiger partial charge in [0.15, 0.2) is 11.6 Å². The van der Waals surface area contributed by atoms with Crippen LogP contribution in [0.1, 0.15) is 17.3 Å². The third kappa shape index (κ3) is 4.32. The normalized spacial score (nSPS) is 17.2. The van der Waals surface area contributed by atoms with Crippen LogP contribution in [0.4, 0.5) is 0 Å². The zero-order valence-electron chi connectivity index (χ0n) is 25.7. The van der Waals surface area contributed by atoms with Crippen LogP contribution in [0.5, 0.6) is 0 Å². The van der Waals surface area contributed by atoms with Crippen LogP contribution in [0.25, 0.3) is 70.5 Å². The molecule has 2 aliphatic carbocycles. The second-order valence-electron chi connectivity index (χ2n) is 12.3. The number of thiophene rings is 1. The van der Waals surface area contributed by atoms with Gasteiger partial charge in [-0.1, -0.05) is 127 Å². The first-order valence-electron chi connectivity index (χ1n) is 16.2. The maximum Gasteiger partial charge on any atom is 0.163 e. The van der Waals surface area contributed by atoms with Crippen molar-refractivity contribution in [2.75, 3.05) is 0 Å². The van der Waals surface area contributed by atoms with Gasteiger partial charge >= 0.3 is 0 Å². The summed E-state index contributed by atoms with van der Waals surface area (Å²) >= 11 is 1.81. The van der Waals surface area contributed by atoms with E-state index in [0.29, 0.717) is 11.6 Å². The molecular weight excluding hydrogens is 607 g/mol. The van der Waals surface area contributed by atoms with E-state index in [2.05, 4.69) is 121 Å². The van der Waals surface area contributed by atoms with Crippen molar-refractivity contribution in [2.45, 2.75) is 5.92 Å². The van der Waals surface area contributed by atoms with Crippen molar-refractivity contribution in [1.82, 2.24) is 15.0 Å². The first kappa shape index (κ1) is 27.2. The van der Waals surface area contributed by atoms with Gasteiger partial charge < -0.3 is 4.42 Å². The third-order valence-electron chi connectivity index (χ3n) is 9.55. The number of allylic oxidation sites excluding steroid dienone is 8. The van der Waals surface area contributed by atoms with Crippen LogP contribution in [-0.4, -0.2) is 15.0 Å². The van der Waals surface area contributed by atoms with Gasteiger partial charge in [0.05, 0.1) is 0 Å². The largest absolute Gasteiger partial charge is 0.456 e. The summed E-state index contributed by atoms with van der Waals surface area (Å²) in [5, 5.41) is 4.81. The number of hydrogen-bond donors (Lipinski definition) is 0. The molecule has 2 aliphatic rings. The standard InChI is InChI=1S/C43H27N3OS/c1-2-11-26(12-3-1)41-44-42(27-21-22-32-31-15-7-9-20-38(31)48-39(32)25-27)46-43(45-41)34-24-23-30(28-13-4-5-14-29(28)34)33-17-10-19-37-40(33)35-16-6-8-18-36(35)47-37/h1-25,29,34H. The van der Waals surface area contributed by atoms with E-state index in [1.54, 1.807) is 11.3 Å². The van der Waals surface area contributed by atoms with Gasteiger partial charge in [0.2, 0.25) is 0 Å². The number of benzene rings is 5. The summed E-state index contributed by atoms with van der Waals surface area (Å²) in [6.07, 6.45) is 13.3. The van der Waals surface area contributed by atoms with Crippen molar-refractivity contribution in [3.63, 3.8) is 0 Å². The smallest absolute Gasteiger partial charge is 0.163 e. The molecule has 0 fully saturated rings. The number of para-hydroxylation sites is 1. The molecule has 4 nitrogen and oxygen atoms in total. The number of hydrogen-bond acceptors (Lipinski definition) is 5. The molecule has 3 heterocycles. The molecule has 2 unspecified atom stereocenters. The van der Waals surface area contributed by atoms with E-state index in [1.807, 2.05) is 30.3 Å². The second kappa shape index (κ2) is 10.8. The molecule has 226 valence electrons. The molecule has 0 saturated carbocycles. The highest BCUT2D eigenvalue weighted by atomic mass is 32.1. The Balaban J connectivity index is 1.13. The van der Waals surface area contributed by atoms with E-state index in [9.17, 15) is 0 Å². The third-order valence-corrected chi connectivity index (χ3v) is 10.7. The topological polar surface area (TPSA) is 51.8 Å². The molecule has 3 aromatic heterocycles. The summed E-state index contributed by atoms with van der Waals surface area (Å²) in [6, 6.07) is 40.0.